The zero-order valence-corrected chi connectivity index (χ0v) is 9.65. The van der Waals surface area contributed by atoms with E-state index in [1.807, 2.05) is 6.20 Å². The molecule has 1 fully saturated rings. The molecule has 0 amide bonds. The summed E-state index contributed by atoms with van der Waals surface area (Å²) in [5, 5.41) is 3.46. The molecule has 1 atom stereocenters. The number of rotatable bonds is 1. The normalized spacial score (nSPS) is 26.4. The van der Waals surface area contributed by atoms with Gasteiger partial charge in [0.2, 0.25) is 0 Å². The average Bonchev–Trinajstić information content (AvgIpc) is 2.57. The molecule has 1 aliphatic heterocycles. The molecule has 16 heavy (non-hydrogen) atoms. The second-order valence-electron chi connectivity index (χ2n) is 4.74. The van der Waals surface area contributed by atoms with Crippen molar-refractivity contribution >= 4 is 0 Å². The molecule has 1 saturated heterocycles. The van der Waals surface area contributed by atoms with Crippen LogP contribution in [0.3, 0.4) is 0 Å². The molecule has 0 bridgehead atoms. The van der Waals surface area contributed by atoms with E-state index in [0.29, 0.717) is 6.04 Å². The maximum absolute atomic E-state index is 4.58. The number of nitrogens with one attached hydrogen (secondary N) is 1. The predicted octanol–water partition coefficient (Wildman–Crippen LogP) is 1.36. The standard InChI is InChI=1S/C13H19N3/c1-3-11-4-5-12(13(11)15-7-1)16-9-2-6-14-8-10-16/h1,3,7,12,14H,2,4-6,8-10H2. The third-order valence-electron chi connectivity index (χ3n) is 3.74. The van der Waals surface area contributed by atoms with Gasteiger partial charge >= 0.3 is 0 Å². The van der Waals surface area contributed by atoms with Gasteiger partial charge in [-0.05, 0) is 37.4 Å². The molecule has 1 N–H and O–H groups in total. The van der Waals surface area contributed by atoms with Crippen LogP contribution in [0.2, 0.25) is 0 Å². The summed E-state index contributed by atoms with van der Waals surface area (Å²) in [5.41, 5.74) is 2.80. The summed E-state index contributed by atoms with van der Waals surface area (Å²) in [6.07, 6.45) is 5.66. The average molecular weight is 217 g/mol. The first kappa shape index (κ1) is 10.2. The van der Waals surface area contributed by atoms with Crippen molar-refractivity contribution in [3.63, 3.8) is 0 Å². The number of hydrogen-bond donors (Lipinski definition) is 1. The molecule has 3 nitrogen and oxygen atoms in total. The van der Waals surface area contributed by atoms with Crippen molar-refractivity contribution in [3.05, 3.63) is 29.6 Å². The SMILES string of the molecule is c1cnc2c(c1)CCC2N1CCCNCC1. The number of aryl methyl sites for hydroxylation is 1. The fourth-order valence-corrected chi connectivity index (χ4v) is 2.92. The maximum atomic E-state index is 4.58. The van der Waals surface area contributed by atoms with Gasteiger partial charge in [-0.1, -0.05) is 6.07 Å². The van der Waals surface area contributed by atoms with Gasteiger partial charge in [0.15, 0.2) is 0 Å². The molecule has 0 radical (unpaired) electrons. The quantitative estimate of drug-likeness (QED) is 0.770. The highest BCUT2D eigenvalue weighted by Gasteiger charge is 2.28. The van der Waals surface area contributed by atoms with Crippen LogP contribution in [0.1, 0.15) is 30.1 Å². The van der Waals surface area contributed by atoms with Gasteiger partial charge < -0.3 is 5.32 Å². The van der Waals surface area contributed by atoms with Crippen LogP contribution in [-0.4, -0.2) is 36.1 Å². The van der Waals surface area contributed by atoms with Crippen LogP contribution in [0.25, 0.3) is 0 Å². The molecule has 0 aromatic carbocycles. The Labute approximate surface area is 96.9 Å². The van der Waals surface area contributed by atoms with E-state index in [1.54, 1.807) is 0 Å². The lowest BCUT2D eigenvalue weighted by Crippen LogP contribution is -2.31. The summed E-state index contributed by atoms with van der Waals surface area (Å²) < 4.78 is 0. The number of pyridine rings is 1. The lowest BCUT2D eigenvalue weighted by atomic mass is 10.2. The van der Waals surface area contributed by atoms with Crippen molar-refractivity contribution in [2.24, 2.45) is 0 Å². The first-order chi connectivity index (χ1) is 7.95. The highest BCUT2D eigenvalue weighted by Crippen LogP contribution is 2.33. The first-order valence-corrected chi connectivity index (χ1v) is 6.34. The van der Waals surface area contributed by atoms with E-state index in [9.17, 15) is 0 Å². The molecule has 2 heterocycles. The Bertz CT molecular complexity index is 356. The maximum Gasteiger partial charge on any atom is 0.0607 e. The Kier molecular flexibility index (Phi) is 2.89. The van der Waals surface area contributed by atoms with Crippen molar-refractivity contribution in [3.8, 4) is 0 Å². The van der Waals surface area contributed by atoms with Gasteiger partial charge in [0, 0.05) is 25.8 Å². The largest absolute Gasteiger partial charge is 0.315 e. The fraction of sp³-hybridized carbons (Fsp3) is 0.615. The minimum absolute atomic E-state index is 0.580. The first-order valence-electron chi connectivity index (χ1n) is 6.34. The summed E-state index contributed by atoms with van der Waals surface area (Å²) in [4.78, 5) is 7.19. The van der Waals surface area contributed by atoms with E-state index in [-0.39, 0.29) is 0 Å². The molecular weight excluding hydrogens is 198 g/mol. The van der Waals surface area contributed by atoms with E-state index in [0.717, 1.165) is 13.1 Å². The van der Waals surface area contributed by atoms with E-state index >= 15 is 0 Å². The van der Waals surface area contributed by atoms with Crippen molar-refractivity contribution in [2.45, 2.75) is 25.3 Å². The van der Waals surface area contributed by atoms with Gasteiger partial charge in [-0.15, -0.1) is 0 Å². The number of aromatic nitrogens is 1. The van der Waals surface area contributed by atoms with Crippen molar-refractivity contribution in [1.29, 1.82) is 0 Å². The van der Waals surface area contributed by atoms with Crippen molar-refractivity contribution in [2.75, 3.05) is 26.2 Å². The molecule has 3 heteroatoms. The Balaban J connectivity index is 1.80. The Hall–Kier alpha value is -0.930. The second kappa shape index (κ2) is 4.52. The zero-order chi connectivity index (χ0) is 10.8. The lowest BCUT2D eigenvalue weighted by Gasteiger charge is -2.26. The van der Waals surface area contributed by atoms with Gasteiger partial charge in [0.1, 0.15) is 0 Å². The van der Waals surface area contributed by atoms with Gasteiger partial charge in [0.25, 0.3) is 0 Å². The zero-order valence-electron chi connectivity index (χ0n) is 9.65. The van der Waals surface area contributed by atoms with Gasteiger partial charge in [0.05, 0.1) is 11.7 Å². The molecule has 1 aromatic rings. The molecule has 0 spiro atoms. The van der Waals surface area contributed by atoms with Crippen LogP contribution in [-0.2, 0) is 6.42 Å². The molecule has 3 rings (SSSR count). The molecule has 86 valence electrons. The monoisotopic (exact) mass is 217 g/mol. The third kappa shape index (κ3) is 1.85. The molecule has 1 aliphatic carbocycles. The number of nitrogens with zero attached hydrogens (tertiary/aromatic N) is 2. The van der Waals surface area contributed by atoms with Crippen LogP contribution in [0.5, 0.6) is 0 Å². The minimum Gasteiger partial charge on any atom is -0.315 e. The van der Waals surface area contributed by atoms with Crippen LogP contribution in [0.4, 0.5) is 0 Å². The molecule has 0 saturated carbocycles. The third-order valence-corrected chi connectivity index (χ3v) is 3.74. The Morgan fingerprint density at radius 1 is 1.31 bits per heavy atom. The highest BCUT2D eigenvalue weighted by atomic mass is 15.2. The van der Waals surface area contributed by atoms with E-state index in [2.05, 4.69) is 27.3 Å². The predicted molar refractivity (Wildman–Crippen MR) is 64.4 cm³/mol. The summed E-state index contributed by atoms with van der Waals surface area (Å²) in [7, 11) is 0. The van der Waals surface area contributed by atoms with Crippen LogP contribution >= 0.6 is 0 Å². The smallest absolute Gasteiger partial charge is 0.0607 e. The van der Waals surface area contributed by atoms with Crippen LogP contribution in [0.15, 0.2) is 18.3 Å². The van der Waals surface area contributed by atoms with Crippen molar-refractivity contribution < 1.29 is 0 Å². The molecular formula is C13H19N3. The van der Waals surface area contributed by atoms with Crippen LogP contribution < -0.4 is 5.32 Å². The van der Waals surface area contributed by atoms with E-state index < -0.39 is 0 Å². The number of hydrogen-bond acceptors (Lipinski definition) is 3. The molecule has 1 aromatic heterocycles. The van der Waals surface area contributed by atoms with Crippen LogP contribution in [0, 0.1) is 0 Å². The number of fused-ring (bicyclic) bond motifs is 1. The summed E-state index contributed by atoms with van der Waals surface area (Å²) >= 11 is 0. The summed E-state index contributed by atoms with van der Waals surface area (Å²) in [6.45, 7) is 4.67. The summed E-state index contributed by atoms with van der Waals surface area (Å²) in [5.74, 6) is 0. The Morgan fingerprint density at radius 3 is 3.31 bits per heavy atom. The summed E-state index contributed by atoms with van der Waals surface area (Å²) in [6, 6.07) is 4.87. The minimum atomic E-state index is 0.580. The van der Waals surface area contributed by atoms with Gasteiger partial charge in [-0.2, -0.15) is 0 Å². The molecule has 2 aliphatic rings. The topological polar surface area (TPSA) is 28.2 Å². The van der Waals surface area contributed by atoms with Crippen molar-refractivity contribution in [1.82, 2.24) is 15.2 Å². The van der Waals surface area contributed by atoms with Gasteiger partial charge in [-0.25, -0.2) is 0 Å². The molecule has 1 unspecified atom stereocenters. The van der Waals surface area contributed by atoms with E-state index in [1.165, 1.54) is 43.6 Å². The van der Waals surface area contributed by atoms with Gasteiger partial charge in [-0.3, -0.25) is 9.88 Å². The Morgan fingerprint density at radius 2 is 2.31 bits per heavy atom. The lowest BCUT2D eigenvalue weighted by molar-refractivity contribution is 0.207. The fourth-order valence-electron chi connectivity index (χ4n) is 2.92. The second-order valence-corrected chi connectivity index (χ2v) is 4.74. The van der Waals surface area contributed by atoms with E-state index in [4.69, 9.17) is 0 Å². The highest BCUT2D eigenvalue weighted by molar-refractivity contribution is 5.28.